The van der Waals surface area contributed by atoms with Crippen LogP contribution in [0.3, 0.4) is 0 Å². The second-order valence-corrected chi connectivity index (χ2v) is 5.44. The van der Waals surface area contributed by atoms with Gasteiger partial charge in [0.2, 0.25) is 0 Å². The Hall–Kier alpha value is -2.76. The highest BCUT2D eigenvalue weighted by Gasteiger charge is 1.97. The minimum absolute atomic E-state index is 0.612. The Bertz CT molecular complexity index is 792. The lowest BCUT2D eigenvalue weighted by Gasteiger charge is -2.05. The standard InChI is InChI=1S/C14H11NO.C7H7Cl/c1-11-3-2-4-14(9-11)16-13-7-5-12(10-15)6-8-13;8-6-7-4-2-1-3-5-7/h2-9H,1H3;1-5H,6H2. The lowest BCUT2D eigenvalue weighted by Crippen LogP contribution is -1.84. The lowest BCUT2D eigenvalue weighted by molar-refractivity contribution is 0.482. The number of alkyl halides is 1. The van der Waals surface area contributed by atoms with Gasteiger partial charge in [0, 0.05) is 5.88 Å². The fourth-order valence-corrected chi connectivity index (χ4v) is 2.16. The fourth-order valence-electron chi connectivity index (χ4n) is 1.98. The first kappa shape index (κ1) is 17.6. The van der Waals surface area contributed by atoms with Crippen LogP contribution in [0.2, 0.25) is 0 Å². The monoisotopic (exact) mass is 335 g/mol. The van der Waals surface area contributed by atoms with Crippen molar-refractivity contribution in [3.05, 3.63) is 95.6 Å². The number of ether oxygens (including phenoxy) is 1. The molecule has 0 spiro atoms. The molecule has 3 aromatic rings. The largest absolute Gasteiger partial charge is 0.457 e. The van der Waals surface area contributed by atoms with Gasteiger partial charge in [-0.3, -0.25) is 0 Å². The summed E-state index contributed by atoms with van der Waals surface area (Å²) in [5.74, 6) is 2.16. The van der Waals surface area contributed by atoms with E-state index in [2.05, 4.69) is 6.07 Å². The average molecular weight is 336 g/mol. The van der Waals surface area contributed by atoms with E-state index < -0.39 is 0 Å². The maximum absolute atomic E-state index is 8.66. The van der Waals surface area contributed by atoms with Crippen LogP contribution in [0.25, 0.3) is 0 Å². The zero-order valence-electron chi connectivity index (χ0n) is 13.4. The molecular weight excluding hydrogens is 318 g/mol. The van der Waals surface area contributed by atoms with Crippen molar-refractivity contribution in [2.24, 2.45) is 0 Å². The van der Waals surface area contributed by atoms with Crippen molar-refractivity contribution in [1.82, 2.24) is 0 Å². The molecule has 0 heterocycles. The minimum atomic E-state index is 0.612. The van der Waals surface area contributed by atoms with E-state index in [0.717, 1.165) is 17.1 Å². The van der Waals surface area contributed by atoms with Crippen LogP contribution >= 0.6 is 11.6 Å². The Labute approximate surface area is 147 Å². The lowest BCUT2D eigenvalue weighted by atomic mass is 10.2. The summed E-state index contributed by atoms with van der Waals surface area (Å²) < 4.78 is 5.65. The molecule has 0 unspecified atom stereocenters. The predicted octanol–water partition coefficient (Wildman–Crippen LogP) is 6.08. The summed E-state index contributed by atoms with van der Waals surface area (Å²) in [6, 6.07) is 27.0. The molecule has 0 radical (unpaired) electrons. The van der Waals surface area contributed by atoms with E-state index in [0.29, 0.717) is 11.4 Å². The van der Waals surface area contributed by atoms with Crippen LogP contribution in [-0.4, -0.2) is 0 Å². The van der Waals surface area contributed by atoms with Gasteiger partial charge in [-0.05, 0) is 54.4 Å². The van der Waals surface area contributed by atoms with E-state index in [1.165, 1.54) is 5.56 Å². The maximum atomic E-state index is 8.66. The number of nitriles is 1. The summed E-state index contributed by atoms with van der Waals surface area (Å²) in [6.07, 6.45) is 0. The third-order valence-electron chi connectivity index (χ3n) is 3.21. The molecule has 120 valence electrons. The van der Waals surface area contributed by atoms with Gasteiger partial charge in [-0.1, -0.05) is 42.5 Å². The number of halogens is 1. The predicted molar refractivity (Wildman–Crippen MR) is 98.4 cm³/mol. The fraction of sp³-hybridized carbons (Fsp3) is 0.0952. The topological polar surface area (TPSA) is 33.0 Å². The molecule has 0 amide bonds. The molecule has 0 aliphatic heterocycles. The van der Waals surface area contributed by atoms with Crippen molar-refractivity contribution in [3.63, 3.8) is 0 Å². The molecule has 0 fully saturated rings. The van der Waals surface area contributed by atoms with Gasteiger partial charge in [0.1, 0.15) is 11.5 Å². The molecule has 3 heteroatoms. The first-order valence-corrected chi connectivity index (χ1v) is 8.09. The minimum Gasteiger partial charge on any atom is -0.457 e. The van der Waals surface area contributed by atoms with Gasteiger partial charge in [0.05, 0.1) is 11.6 Å². The zero-order chi connectivity index (χ0) is 17.2. The molecule has 0 saturated heterocycles. The highest BCUT2D eigenvalue weighted by molar-refractivity contribution is 6.17. The van der Waals surface area contributed by atoms with Gasteiger partial charge in [0.15, 0.2) is 0 Å². The summed E-state index contributed by atoms with van der Waals surface area (Å²) in [5.41, 5.74) is 2.97. The number of aryl methyl sites for hydroxylation is 1. The van der Waals surface area contributed by atoms with Crippen molar-refractivity contribution in [2.45, 2.75) is 12.8 Å². The Morgan fingerprint density at radius 3 is 2.12 bits per heavy atom. The Morgan fingerprint density at radius 2 is 1.58 bits per heavy atom. The molecule has 0 atom stereocenters. The van der Waals surface area contributed by atoms with Crippen LogP contribution in [0.1, 0.15) is 16.7 Å². The van der Waals surface area contributed by atoms with E-state index in [9.17, 15) is 0 Å². The molecule has 3 aromatic carbocycles. The van der Waals surface area contributed by atoms with Crippen molar-refractivity contribution in [1.29, 1.82) is 5.26 Å². The van der Waals surface area contributed by atoms with E-state index in [-0.39, 0.29) is 0 Å². The van der Waals surface area contributed by atoms with Crippen LogP contribution < -0.4 is 4.74 Å². The Morgan fingerprint density at radius 1 is 0.875 bits per heavy atom. The van der Waals surface area contributed by atoms with Crippen LogP contribution in [-0.2, 0) is 5.88 Å². The smallest absolute Gasteiger partial charge is 0.127 e. The van der Waals surface area contributed by atoms with Crippen molar-refractivity contribution >= 4 is 11.6 Å². The molecule has 3 rings (SSSR count). The molecular formula is C21H18ClNO. The highest BCUT2D eigenvalue weighted by Crippen LogP contribution is 2.22. The molecule has 2 nitrogen and oxygen atoms in total. The summed E-state index contributed by atoms with van der Waals surface area (Å²) in [5, 5.41) is 8.66. The van der Waals surface area contributed by atoms with Gasteiger partial charge >= 0.3 is 0 Å². The SMILES string of the molecule is Cc1cccc(Oc2ccc(C#N)cc2)c1.ClCc1ccccc1. The number of hydrogen-bond acceptors (Lipinski definition) is 2. The zero-order valence-corrected chi connectivity index (χ0v) is 14.2. The quantitative estimate of drug-likeness (QED) is 0.543. The second kappa shape index (κ2) is 9.39. The number of rotatable bonds is 3. The van der Waals surface area contributed by atoms with Crippen LogP contribution in [0.5, 0.6) is 11.5 Å². The summed E-state index contributed by atoms with van der Waals surface area (Å²) >= 11 is 5.53. The van der Waals surface area contributed by atoms with Gasteiger partial charge in [0.25, 0.3) is 0 Å². The molecule has 0 aliphatic rings. The van der Waals surface area contributed by atoms with E-state index in [1.54, 1.807) is 24.3 Å². The molecule has 0 aliphatic carbocycles. The summed E-state index contributed by atoms with van der Waals surface area (Å²) in [6.45, 7) is 2.02. The van der Waals surface area contributed by atoms with Crippen LogP contribution in [0.4, 0.5) is 0 Å². The first-order chi connectivity index (χ1) is 11.7. The van der Waals surface area contributed by atoms with Crippen molar-refractivity contribution in [3.8, 4) is 17.6 Å². The van der Waals surface area contributed by atoms with E-state index >= 15 is 0 Å². The van der Waals surface area contributed by atoms with Gasteiger partial charge in [-0.2, -0.15) is 5.26 Å². The van der Waals surface area contributed by atoms with Gasteiger partial charge < -0.3 is 4.74 Å². The molecule has 0 bridgehead atoms. The highest BCUT2D eigenvalue weighted by atomic mass is 35.5. The van der Waals surface area contributed by atoms with Crippen LogP contribution in [0.15, 0.2) is 78.9 Å². The third kappa shape index (κ3) is 5.79. The summed E-state index contributed by atoms with van der Waals surface area (Å²) in [4.78, 5) is 0. The molecule has 24 heavy (non-hydrogen) atoms. The molecule has 0 aromatic heterocycles. The van der Waals surface area contributed by atoms with Crippen molar-refractivity contribution < 1.29 is 4.74 Å². The second-order valence-electron chi connectivity index (χ2n) is 5.17. The normalized spacial score (nSPS) is 9.38. The van der Waals surface area contributed by atoms with E-state index in [4.69, 9.17) is 21.6 Å². The Balaban J connectivity index is 0.000000219. The van der Waals surface area contributed by atoms with Gasteiger partial charge in [-0.25, -0.2) is 0 Å². The molecule has 0 saturated carbocycles. The summed E-state index contributed by atoms with van der Waals surface area (Å²) in [7, 11) is 0. The first-order valence-electron chi connectivity index (χ1n) is 7.56. The van der Waals surface area contributed by atoms with Crippen LogP contribution in [0, 0.1) is 18.3 Å². The number of nitrogens with zero attached hydrogens (tertiary/aromatic N) is 1. The average Bonchev–Trinajstić information content (AvgIpc) is 2.64. The van der Waals surface area contributed by atoms with Gasteiger partial charge in [-0.15, -0.1) is 11.6 Å². The van der Waals surface area contributed by atoms with Crippen molar-refractivity contribution in [2.75, 3.05) is 0 Å². The Kier molecular flexibility index (Phi) is 6.89. The number of benzene rings is 3. The third-order valence-corrected chi connectivity index (χ3v) is 3.51. The maximum Gasteiger partial charge on any atom is 0.127 e. The number of hydrogen-bond donors (Lipinski definition) is 0. The van der Waals surface area contributed by atoms with E-state index in [1.807, 2.05) is 61.5 Å². The molecule has 0 N–H and O–H groups in total.